The zero-order chi connectivity index (χ0) is 25.2. The number of carbonyl (C=O) groups excluding carboxylic acids is 2. The Morgan fingerprint density at radius 3 is 2.49 bits per heavy atom. The van der Waals surface area contributed by atoms with Gasteiger partial charge in [-0.05, 0) is 53.7 Å². The van der Waals surface area contributed by atoms with Crippen molar-refractivity contribution in [3.63, 3.8) is 0 Å². The molecular weight excluding hydrogens is 517 g/mol. The Morgan fingerprint density at radius 2 is 1.80 bits per heavy atom. The van der Waals surface area contributed by atoms with E-state index in [-0.39, 0.29) is 38.4 Å². The maximum Gasteiger partial charge on any atom is 0.339 e. The second kappa shape index (κ2) is 10.1. The Morgan fingerprint density at radius 1 is 1.06 bits per heavy atom. The van der Waals surface area contributed by atoms with Crippen LogP contribution in [0.3, 0.4) is 0 Å². The van der Waals surface area contributed by atoms with E-state index in [9.17, 15) is 22.4 Å². The summed E-state index contributed by atoms with van der Waals surface area (Å²) in [7, 11) is -2.86. The molecule has 0 N–H and O–H groups in total. The molecule has 35 heavy (non-hydrogen) atoms. The van der Waals surface area contributed by atoms with Crippen LogP contribution in [0.25, 0.3) is 6.08 Å². The number of thioether (sulfide) groups is 1. The Balaban J connectivity index is 1.67. The number of imide groups is 1. The quantitative estimate of drug-likeness (QED) is 0.293. The van der Waals surface area contributed by atoms with Crippen molar-refractivity contribution in [1.29, 1.82) is 0 Å². The molecule has 3 aromatic rings. The van der Waals surface area contributed by atoms with E-state index in [1.807, 2.05) is 0 Å². The lowest BCUT2D eigenvalue weighted by atomic mass is 10.1. The lowest BCUT2D eigenvalue weighted by Gasteiger charge is -2.14. The van der Waals surface area contributed by atoms with Crippen molar-refractivity contribution in [2.24, 2.45) is 0 Å². The predicted octanol–water partition coefficient (Wildman–Crippen LogP) is 5.49. The summed E-state index contributed by atoms with van der Waals surface area (Å²) in [6.45, 7) is -0.148. The number of hydrogen-bond acceptors (Lipinski definition) is 7. The van der Waals surface area contributed by atoms with Gasteiger partial charge in [-0.15, -0.1) is 0 Å². The topological polar surface area (TPSA) is 90.0 Å². The van der Waals surface area contributed by atoms with Gasteiger partial charge in [-0.3, -0.25) is 14.5 Å². The van der Waals surface area contributed by atoms with Crippen molar-refractivity contribution in [3.8, 4) is 11.5 Å². The number of benzene rings is 3. The van der Waals surface area contributed by atoms with Crippen LogP contribution in [0.15, 0.2) is 76.5 Å². The summed E-state index contributed by atoms with van der Waals surface area (Å²) < 4.78 is 49.6. The van der Waals surface area contributed by atoms with E-state index in [1.54, 1.807) is 24.3 Å². The molecule has 0 aliphatic carbocycles. The number of carbonyl (C=O) groups is 2. The van der Waals surface area contributed by atoms with E-state index in [0.29, 0.717) is 17.3 Å². The number of para-hydroxylation sites is 1. The van der Waals surface area contributed by atoms with Gasteiger partial charge >= 0.3 is 10.1 Å². The van der Waals surface area contributed by atoms with Gasteiger partial charge in [0.05, 0.1) is 18.6 Å². The summed E-state index contributed by atoms with van der Waals surface area (Å²) in [6.07, 6.45) is 1.36. The first-order valence-corrected chi connectivity index (χ1v) is 12.7. The molecule has 3 aromatic carbocycles. The van der Waals surface area contributed by atoms with Crippen LogP contribution in [0.4, 0.5) is 9.18 Å². The average Bonchev–Trinajstić information content (AvgIpc) is 3.09. The summed E-state index contributed by atoms with van der Waals surface area (Å²) in [4.78, 5) is 26.5. The highest BCUT2D eigenvalue weighted by atomic mass is 35.5. The first-order chi connectivity index (χ1) is 16.7. The molecule has 1 fully saturated rings. The molecule has 0 unspecified atom stereocenters. The van der Waals surface area contributed by atoms with Gasteiger partial charge < -0.3 is 8.92 Å². The Hall–Kier alpha value is -3.34. The fourth-order valence-electron chi connectivity index (χ4n) is 3.24. The number of ether oxygens (including phenoxy) is 1. The molecule has 0 saturated carbocycles. The molecule has 0 atom stereocenters. The second-order valence-electron chi connectivity index (χ2n) is 7.23. The standard InChI is InChI=1S/C24H17ClFNO6S2/c1-32-20-9-5-6-15(22(20)33-35(30,31)18-7-3-2-4-8-18)12-21-23(28)27(24(29)34-21)14-16-10-11-17(26)13-19(16)25/h2-13H,14H2,1H3/b21-12-. The maximum absolute atomic E-state index is 13.3. The van der Waals surface area contributed by atoms with Crippen LogP contribution in [-0.4, -0.2) is 31.6 Å². The van der Waals surface area contributed by atoms with Crippen molar-refractivity contribution < 1.29 is 31.3 Å². The van der Waals surface area contributed by atoms with Crippen molar-refractivity contribution in [3.05, 3.63) is 93.6 Å². The largest absolute Gasteiger partial charge is 0.493 e. The van der Waals surface area contributed by atoms with Gasteiger partial charge in [0.2, 0.25) is 0 Å². The van der Waals surface area contributed by atoms with Gasteiger partial charge in [-0.2, -0.15) is 8.42 Å². The monoisotopic (exact) mass is 533 g/mol. The van der Waals surface area contributed by atoms with Crippen molar-refractivity contribution in [2.75, 3.05) is 7.11 Å². The lowest BCUT2D eigenvalue weighted by Crippen LogP contribution is -2.27. The average molecular weight is 534 g/mol. The molecule has 0 radical (unpaired) electrons. The molecule has 11 heteroatoms. The number of rotatable bonds is 7. The van der Waals surface area contributed by atoms with E-state index >= 15 is 0 Å². The first kappa shape index (κ1) is 24.8. The van der Waals surface area contributed by atoms with Gasteiger partial charge in [-0.25, -0.2) is 4.39 Å². The lowest BCUT2D eigenvalue weighted by molar-refractivity contribution is -0.123. The third-order valence-corrected chi connectivity index (χ3v) is 7.45. The summed E-state index contributed by atoms with van der Waals surface area (Å²) in [6, 6.07) is 15.9. The fourth-order valence-corrected chi connectivity index (χ4v) is 5.28. The summed E-state index contributed by atoms with van der Waals surface area (Å²) in [5.41, 5.74) is 0.616. The minimum Gasteiger partial charge on any atom is -0.493 e. The SMILES string of the molecule is COc1cccc(/C=C2\SC(=O)N(Cc3ccc(F)cc3Cl)C2=O)c1OS(=O)(=O)c1ccccc1. The van der Waals surface area contributed by atoms with Crippen LogP contribution < -0.4 is 8.92 Å². The van der Waals surface area contributed by atoms with Gasteiger partial charge in [0.25, 0.3) is 11.1 Å². The molecule has 4 rings (SSSR count). The molecule has 1 heterocycles. The Bertz CT molecular complexity index is 1440. The van der Waals surface area contributed by atoms with Crippen LogP contribution in [0.5, 0.6) is 11.5 Å². The number of nitrogens with zero attached hydrogens (tertiary/aromatic N) is 1. The minimum absolute atomic E-state index is 0.0449. The second-order valence-corrected chi connectivity index (χ2v) is 10.2. The smallest absolute Gasteiger partial charge is 0.339 e. The van der Waals surface area contributed by atoms with Crippen LogP contribution in [-0.2, 0) is 21.5 Å². The highest BCUT2D eigenvalue weighted by Gasteiger charge is 2.36. The number of methoxy groups -OCH3 is 1. The van der Waals surface area contributed by atoms with E-state index in [2.05, 4.69) is 0 Å². The van der Waals surface area contributed by atoms with Gasteiger partial charge in [0.15, 0.2) is 11.5 Å². The maximum atomic E-state index is 13.3. The molecule has 7 nitrogen and oxygen atoms in total. The van der Waals surface area contributed by atoms with Gasteiger partial charge in [0.1, 0.15) is 10.7 Å². The Kier molecular flexibility index (Phi) is 7.15. The molecule has 1 aliphatic rings. The van der Waals surface area contributed by atoms with Crippen LogP contribution in [0, 0.1) is 5.82 Å². The molecule has 0 spiro atoms. The third kappa shape index (κ3) is 5.34. The third-order valence-electron chi connectivity index (χ3n) is 4.96. The first-order valence-electron chi connectivity index (χ1n) is 10.1. The number of hydrogen-bond donors (Lipinski definition) is 0. The van der Waals surface area contributed by atoms with E-state index in [4.69, 9.17) is 20.5 Å². The van der Waals surface area contributed by atoms with Gasteiger partial charge in [0, 0.05) is 10.6 Å². The highest BCUT2D eigenvalue weighted by molar-refractivity contribution is 8.18. The van der Waals surface area contributed by atoms with Crippen LogP contribution >= 0.6 is 23.4 Å². The van der Waals surface area contributed by atoms with Crippen molar-refractivity contribution in [1.82, 2.24) is 4.90 Å². The van der Waals surface area contributed by atoms with Crippen molar-refractivity contribution >= 4 is 50.7 Å². The van der Waals surface area contributed by atoms with Gasteiger partial charge in [-0.1, -0.05) is 48.0 Å². The van der Waals surface area contributed by atoms with E-state index in [1.165, 1.54) is 49.6 Å². The molecule has 2 amide bonds. The zero-order valence-corrected chi connectivity index (χ0v) is 20.5. The highest BCUT2D eigenvalue weighted by Crippen LogP contribution is 2.39. The molecule has 1 saturated heterocycles. The molecular formula is C24H17ClFNO6S2. The molecule has 0 bridgehead atoms. The number of halogens is 2. The Labute approximate surface area is 210 Å². The fraction of sp³-hybridized carbons (Fsp3) is 0.0833. The van der Waals surface area contributed by atoms with Crippen LogP contribution in [0.1, 0.15) is 11.1 Å². The minimum atomic E-state index is -4.21. The van der Waals surface area contributed by atoms with E-state index < -0.39 is 27.1 Å². The van der Waals surface area contributed by atoms with Crippen molar-refractivity contribution in [2.45, 2.75) is 11.4 Å². The molecule has 180 valence electrons. The van der Waals surface area contributed by atoms with E-state index in [0.717, 1.165) is 11.0 Å². The molecule has 1 aliphatic heterocycles. The zero-order valence-electron chi connectivity index (χ0n) is 18.1. The summed E-state index contributed by atoms with van der Waals surface area (Å²) in [5, 5.41) is -0.466. The summed E-state index contributed by atoms with van der Waals surface area (Å²) >= 11 is 6.71. The summed E-state index contributed by atoms with van der Waals surface area (Å²) in [5.74, 6) is -1.16. The van der Waals surface area contributed by atoms with Crippen LogP contribution in [0.2, 0.25) is 5.02 Å². The normalized spacial score (nSPS) is 15.1. The molecule has 0 aromatic heterocycles. The predicted molar refractivity (Wildman–Crippen MR) is 130 cm³/mol. The number of amides is 2.